The molecule has 0 aliphatic carbocycles. The summed E-state index contributed by atoms with van der Waals surface area (Å²) in [7, 11) is 0. The molecule has 20 heavy (non-hydrogen) atoms. The first-order valence-electron chi connectivity index (χ1n) is 5.85. The van der Waals surface area contributed by atoms with Crippen LogP contribution >= 0.6 is 0 Å². The Hall–Kier alpha value is -2.81. The fourth-order valence-corrected chi connectivity index (χ4v) is 2.07. The Bertz CT molecular complexity index is 833. The largest absolute Gasteiger partial charge is 0.253 e. The van der Waals surface area contributed by atoms with Crippen molar-refractivity contribution in [1.29, 1.82) is 5.26 Å². The van der Waals surface area contributed by atoms with Crippen molar-refractivity contribution in [2.75, 3.05) is 0 Å². The van der Waals surface area contributed by atoms with Crippen LogP contribution in [-0.4, -0.2) is 14.8 Å². The third-order valence-electron chi connectivity index (χ3n) is 2.97. The van der Waals surface area contributed by atoms with Gasteiger partial charge in [-0.15, -0.1) is 0 Å². The maximum Gasteiger partial charge on any atom is 0.207 e. The van der Waals surface area contributed by atoms with Gasteiger partial charge in [0.2, 0.25) is 6.19 Å². The molecule has 2 aromatic heterocycles. The van der Waals surface area contributed by atoms with Gasteiger partial charge in [0.25, 0.3) is 0 Å². The molecule has 0 saturated heterocycles. The van der Waals surface area contributed by atoms with Crippen LogP contribution in [-0.2, 0) is 6.42 Å². The Kier molecular flexibility index (Phi) is 2.88. The first kappa shape index (κ1) is 12.2. The van der Waals surface area contributed by atoms with Crippen molar-refractivity contribution in [2.45, 2.75) is 6.42 Å². The highest BCUT2D eigenvalue weighted by Gasteiger charge is 2.14. The van der Waals surface area contributed by atoms with Crippen LogP contribution in [0.15, 0.2) is 36.5 Å². The minimum Gasteiger partial charge on any atom is -0.253 e. The van der Waals surface area contributed by atoms with Gasteiger partial charge in [-0.1, -0.05) is 0 Å². The number of rotatable bonds is 2. The van der Waals surface area contributed by atoms with E-state index in [1.807, 2.05) is 6.19 Å². The summed E-state index contributed by atoms with van der Waals surface area (Å²) in [5.41, 5.74) is 1.67. The van der Waals surface area contributed by atoms with E-state index in [-0.39, 0.29) is 12.0 Å². The van der Waals surface area contributed by atoms with Crippen LogP contribution in [0.25, 0.3) is 11.0 Å². The van der Waals surface area contributed by atoms with Gasteiger partial charge in [0, 0.05) is 12.6 Å². The molecule has 1 aromatic carbocycles. The number of nitrogens with zero attached hydrogens (tertiary/aromatic N) is 4. The maximum atomic E-state index is 13.7. The lowest BCUT2D eigenvalue weighted by atomic mass is 10.1. The number of aromatic nitrogens is 3. The van der Waals surface area contributed by atoms with Crippen molar-refractivity contribution in [3.63, 3.8) is 0 Å². The first-order chi connectivity index (χ1) is 9.69. The van der Waals surface area contributed by atoms with E-state index in [1.165, 1.54) is 0 Å². The smallest absolute Gasteiger partial charge is 0.207 e. The molecule has 6 heteroatoms. The van der Waals surface area contributed by atoms with Gasteiger partial charge in [0.05, 0.1) is 5.69 Å². The molecule has 3 aromatic rings. The van der Waals surface area contributed by atoms with E-state index in [1.54, 1.807) is 18.3 Å². The van der Waals surface area contributed by atoms with Crippen LogP contribution in [0.1, 0.15) is 11.3 Å². The zero-order valence-corrected chi connectivity index (χ0v) is 10.2. The molecule has 0 saturated carbocycles. The lowest BCUT2D eigenvalue weighted by molar-refractivity contribution is 0.588. The molecule has 0 bridgehead atoms. The zero-order valence-electron chi connectivity index (χ0n) is 10.2. The molecule has 0 unspecified atom stereocenters. The summed E-state index contributed by atoms with van der Waals surface area (Å²) in [6, 6.07) is 6.63. The Morgan fingerprint density at radius 1 is 1.25 bits per heavy atom. The number of nitriles is 1. The summed E-state index contributed by atoms with van der Waals surface area (Å²) in [6.45, 7) is 0. The lowest BCUT2D eigenvalue weighted by Gasteiger charge is -2.01. The van der Waals surface area contributed by atoms with Gasteiger partial charge >= 0.3 is 0 Å². The van der Waals surface area contributed by atoms with E-state index in [0.717, 1.165) is 22.9 Å². The highest BCUT2D eigenvalue weighted by atomic mass is 19.1. The Balaban J connectivity index is 2.12. The standard InChI is InChI=1S/C14H8F2N4/c15-10-3-4-11(16)9(6-10)7-12-14-13(2-1-5-18-14)20(8-17)19-12/h1-6H,7H2. The summed E-state index contributed by atoms with van der Waals surface area (Å²) in [5.74, 6) is -1.03. The molecule has 0 aliphatic heterocycles. The van der Waals surface area contributed by atoms with Gasteiger partial charge in [0.1, 0.15) is 22.7 Å². The number of halogens is 2. The number of hydrogen-bond acceptors (Lipinski definition) is 3. The van der Waals surface area contributed by atoms with Crippen LogP contribution in [0, 0.1) is 23.1 Å². The van der Waals surface area contributed by atoms with Gasteiger partial charge in [0.15, 0.2) is 0 Å². The second-order valence-corrected chi connectivity index (χ2v) is 4.24. The maximum absolute atomic E-state index is 13.7. The van der Waals surface area contributed by atoms with Gasteiger partial charge in [-0.25, -0.2) is 8.78 Å². The fraction of sp³-hybridized carbons (Fsp3) is 0.0714. The van der Waals surface area contributed by atoms with Crippen molar-refractivity contribution in [3.05, 3.63) is 59.4 Å². The van der Waals surface area contributed by atoms with Crippen LogP contribution < -0.4 is 0 Å². The van der Waals surface area contributed by atoms with Crippen molar-refractivity contribution >= 4 is 11.0 Å². The SMILES string of the molecule is N#Cn1nc(Cc2cc(F)ccc2F)c2ncccc21. The topological polar surface area (TPSA) is 54.5 Å². The second-order valence-electron chi connectivity index (χ2n) is 4.24. The van der Waals surface area contributed by atoms with E-state index < -0.39 is 11.6 Å². The Morgan fingerprint density at radius 2 is 2.10 bits per heavy atom. The third kappa shape index (κ3) is 1.99. The molecule has 0 amide bonds. The number of hydrogen-bond donors (Lipinski definition) is 0. The minimum atomic E-state index is -0.515. The fourth-order valence-electron chi connectivity index (χ4n) is 2.07. The van der Waals surface area contributed by atoms with Gasteiger partial charge < -0.3 is 0 Å². The highest BCUT2D eigenvalue weighted by molar-refractivity contribution is 5.78. The Morgan fingerprint density at radius 3 is 2.90 bits per heavy atom. The average molecular weight is 270 g/mol. The molecule has 2 heterocycles. The summed E-state index contributed by atoms with van der Waals surface area (Å²) in [4.78, 5) is 4.15. The van der Waals surface area contributed by atoms with E-state index >= 15 is 0 Å². The predicted molar refractivity (Wildman–Crippen MR) is 67.7 cm³/mol. The van der Waals surface area contributed by atoms with E-state index in [4.69, 9.17) is 5.26 Å². The molecular weight excluding hydrogens is 262 g/mol. The van der Waals surface area contributed by atoms with Gasteiger partial charge in [-0.05, 0) is 35.9 Å². The third-order valence-corrected chi connectivity index (χ3v) is 2.97. The minimum absolute atomic E-state index is 0.0752. The summed E-state index contributed by atoms with van der Waals surface area (Å²) in [5, 5.41) is 13.1. The van der Waals surface area contributed by atoms with Gasteiger partial charge in [-0.3, -0.25) is 4.98 Å². The molecule has 3 rings (SSSR count). The molecule has 0 aliphatic rings. The lowest BCUT2D eigenvalue weighted by Crippen LogP contribution is -1.97. The Labute approximate surface area is 112 Å². The van der Waals surface area contributed by atoms with Crippen LogP contribution in [0.3, 0.4) is 0 Å². The molecule has 4 nitrogen and oxygen atoms in total. The highest BCUT2D eigenvalue weighted by Crippen LogP contribution is 2.20. The summed E-state index contributed by atoms with van der Waals surface area (Å²) in [6.07, 6.45) is 3.54. The molecule has 0 fully saturated rings. The number of fused-ring (bicyclic) bond motifs is 1. The molecule has 98 valence electrons. The van der Waals surface area contributed by atoms with E-state index in [2.05, 4.69) is 10.1 Å². The first-order valence-corrected chi connectivity index (χ1v) is 5.85. The van der Waals surface area contributed by atoms with E-state index in [9.17, 15) is 8.78 Å². The molecular formula is C14H8F2N4. The molecule has 0 spiro atoms. The van der Waals surface area contributed by atoms with Crippen molar-refractivity contribution < 1.29 is 8.78 Å². The predicted octanol–water partition coefficient (Wildman–Crippen LogP) is 2.63. The number of benzene rings is 1. The molecule has 0 N–H and O–H groups in total. The molecule has 0 atom stereocenters. The van der Waals surface area contributed by atoms with Crippen LogP contribution in [0.2, 0.25) is 0 Å². The monoisotopic (exact) mass is 270 g/mol. The molecule has 0 radical (unpaired) electrons. The van der Waals surface area contributed by atoms with E-state index in [0.29, 0.717) is 16.7 Å². The van der Waals surface area contributed by atoms with Crippen LogP contribution in [0.4, 0.5) is 8.78 Å². The van der Waals surface area contributed by atoms with Crippen LogP contribution in [0.5, 0.6) is 0 Å². The van der Waals surface area contributed by atoms with Crippen molar-refractivity contribution in [3.8, 4) is 6.19 Å². The number of pyridine rings is 1. The van der Waals surface area contributed by atoms with Crippen molar-refractivity contribution in [1.82, 2.24) is 14.8 Å². The quantitative estimate of drug-likeness (QED) is 0.719. The van der Waals surface area contributed by atoms with Gasteiger partial charge in [-0.2, -0.15) is 15.0 Å². The second kappa shape index (κ2) is 4.70. The normalized spacial score (nSPS) is 10.7. The van der Waals surface area contributed by atoms with Crippen molar-refractivity contribution in [2.24, 2.45) is 0 Å². The average Bonchev–Trinajstić information content (AvgIpc) is 2.81. The zero-order chi connectivity index (χ0) is 14.1. The summed E-state index contributed by atoms with van der Waals surface area (Å²) >= 11 is 0. The summed E-state index contributed by atoms with van der Waals surface area (Å²) < 4.78 is 28.0.